The summed E-state index contributed by atoms with van der Waals surface area (Å²) in [6.45, 7) is 1.61. The third-order valence-electron chi connectivity index (χ3n) is 4.75. The second-order valence-corrected chi connectivity index (χ2v) is 7.13. The van der Waals surface area contributed by atoms with Crippen LogP contribution in [0.25, 0.3) is 0 Å². The summed E-state index contributed by atoms with van der Waals surface area (Å²) in [4.78, 5) is 38.6. The van der Waals surface area contributed by atoms with Gasteiger partial charge in [0.05, 0.1) is 11.8 Å². The van der Waals surface area contributed by atoms with Crippen LogP contribution >= 0.6 is 15.9 Å². The molecule has 2 aliphatic rings. The van der Waals surface area contributed by atoms with E-state index in [4.69, 9.17) is 0 Å². The first-order valence-electron chi connectivity index (χ1n) is 7.92. The number of rotatable bonds is 3. The van der Waals surface area contributed by atoms with Crippen LogP contribution in [-0.2, 0) is 14.4 Å². The van der Waals surface area contributed by atoms with Gasteiger partial charge in [-0.2, -0.15) is 0 Å². The molecule has 3 unspecified atom stereocenters. The summed E-state index contributed by atoms with van der Waals surface area (Å²) < 4.78 is 0.914. The molecule has 3 atom stereocenters. The number of nitrogens with one attached hydrogen (secondary N) is 1. The van der Waals surface area contributed by atoms with Crippen molar-refractivity contribution < 1.29 is 14.4 Å². The smallest absolute Gasteiger partial charge is 0.247 e. The highest BCUT2D eigenvalue weighted by atomic mass is 79.9. The minimum Gasteiger partial charge on any atom is -0.324 e. The maximum Gasteiger partial charge on any atom is 0.247 e. The van der Waals surface area contributed by atoms with Crippen LogP contribution in [0.15, 0.2) is 28.7 Å². The highest BCUT2D eigenvalue weighted by Gasteiger charge is 2.50. The molecule has 6 heteroatoms. The molecule has 0 spiro atoms. The fourth-order valence-electron chi connectivity index (χ4n) is 3.47. The van der Waals surface area contributed by atoms with E-state index in [0.717, 1.165) is 30.2 Å². The molecular formula is C17H19BrN2O3. The van der Waals surface area contributed by atoms with Gasteiger partial charge in [-0.15, -0.1) is 0 Å². The standard InChI is InChI=1S/C17H19BrN2O3/c1-10(15(21)19-12-8-6-11(18)7-9-12)20-16(22)13-4-2-3-5-14(13)17(20)23/h6-10,13-14H,2-5H2,1H3,(H,19,21). The van der Waals surface area contributed by atoms with E-state index in [9.17, 15) is 14.4 Å². The van der Waals surface area contributed by atoms with Crippen molar-refractivity contribution in [3.05, 3.63) is 28.7 Å². The Morgan fingerprint density at radius 2 is 1.65 bits per heavy atom. The Balaban J connectivity index is 1.72. The van der Waals surface area contributed by atoms with Gasteiger partial charge in [0, 0.05) is 10.2 Å². The van der Waals surface area contributed by atoms with E-state index in [2.05, 4.69) is 21.2 Å². The number of imide groups is 1. The normalized spacial score (nSPS) is 25.2. The molecule has 1 aliphatic heterocycles. The molecule has 3 amide bonds. The average Bonchev–Trinajstić information content (AvgIpc) is 2.81. The second kappa shape index (κ2) is 6.43. The first kappa shape index (κ1) is 16.2. The highest BCUT2D eigenvalue weighted by molar-refractivity contribution is 9.10. The summed E-state index contributed by atoms with van der Waals surface area (Å²) in [5, 5.41) is 2.76. The molecule has 0 aromatic heterocycles. The van der Waals surface area contributed by atoms with Gasteiger partial charge in [-0.1, -0.05) is 28.8 Å². The summed E-state index contributed by atoms with van der Waals surface area (Å²) in [7, 11) is 0. The van der Waals surface area contributed by atoms with E-state index in [1.165, 1.54) is 4.90 Å². The molecule has 1 N–H and O–H groups in total. The van der Waals surface area contributed by atoms with Gasteiger partial charge in [-0.3, -0.25) is 19.3 Å². The largest absolute Gasteiger partial charge is 0.324 e. The Kier molecular flexibility index (Phi) is 4.53. The van der Waals surface area contributed by atoms with Gasteiger partial charge in [0.15, 0.2) is 0 Å². The molecule has 122 valence electrons. The zero-order valence-electron chi connectivity index (χ0n) is 12.9. The van der Waals surface area contributed by atoms with Crippen molar-refractivity contribution in [1.29, 1.82) is 0 Å². The average molecular weight is 379 g/mol. The molecule has 1 saturated carbocycles. The van der Waals surface area contributed by atoms with Gasteiger partial charge in [0.2, 0.25) is 17.7 Å². The van der Waals surface area contributed by atoms with E-state index < -0.39 is 6.04 Å². The minimum atomic E-state index is -0.788. The van der Waals surface area contributed by atoms with Crippen molar-refractivity contribution in [2.45, 2.75) is 38.6 Å². The molecule has 23 heavy (non-hydrogen) atoms. The van der Waals surface area contributed by atoms with E-state index >= 15 is 0 Å². The molecule has 1 aromatic carbocycles. The van der Waals surface area contributed by atoms with Crippen molar-refractivity contribution in [1.82, 2.24) is 4.90 Å². The Labute approximate surface area is 143 Å². The van der Waals surface area contributed by atoms with Crippen LogP contribution in [0.5, 0.6) is 0 Å². The van der Waals surface area contributed by atoms with E-state index in [0.29, 0.717) is 5.69 Å². The van der Waals surface area contributed by atoms with E-state index in [1.807, 2.05) is 12.1 Å². The number of nitrogens with zero attached hydrogens (tertiary/aromatic N) is 1. The molecule has 3 rings (SSSR count). The zero-order chi connectivity index (χ0) is 16.6. The zero-order valence-corrected chi connectivity index (χ0v) is 14.5. The highest BCUT2D eigenvalue weighted by Crippen LogP contribution is 2.38. The van der Waals surface area contributed by atoms with Crippen LogP contribution in [0.4, 0.5) is 5.69 Å². The van der Waals surface area contributed by atoms with Crippen LogP contribution in [0, 0.1) is 11.8 Å². The van der Waals surface area contributed by atoms with E-state index in [1.54, 1.807) is 19.1 Å². The Morgan fingerprint density at radius 3 is 2.17 bits per heavy atom. The van der Waals surface area contributed by atoms with Gasteiger partial charge in [0.1, 0.15) is 6.04 Å². The lowest BCUT2D eigenvalue weighted by molar-refractivity contribution is -0.146. The molecule has 2 fully saturated rings. The van der Waals surface area contributed by atoms with Gasteiger partial charge in [-0.25, -0.2) is 0 Å². The molecule has 1 aliphatic carbocycles. The number of hydrogen-bond donors (Lipinski definition) is 1. The summed E-state index contributed by atoms with van der Waals surface area (Å²) >= 11 is 3.33. The van der Waals surface area contributed by atoms with Gasteiger partial charge in [-0.05, 0) is 44.0 Å². The summed E-state index contributed by atoms with van der Waals surface area (Å²) in [6.07, 6.45) is 3.47. The number of amides is 3. The fourth-order valence-corrected chi connectivity index (χ4v) is 3.73. The van der Waals surface area contributed by atoms with Crippen LogP contribution in [0.2, 0.25) is 0 Å². The van der Waals surface area contributed by atoms with Crippen molar-refractivity contribution in [2.75, 3.05) is 5.32 Å². The lowest BCUT2D eigenvalue weighted by Crippen LogP contribution is -2.46. The first-order chi connectivity index (χ1) is 11.0. The fraction of sp³-hybridized carbons (Fsp3) is 0.471. The summed E-state index contributed by atoms with van der Waals surface area (Å²) in [5.41, 5.74) is 0.640. The number of carbonyl (C=O) groups is 3. The van der Waals surface area contributed by atoms with Crippen molar-refractivity contribution >= 4 is 39.3 Å². The van der Waals surface area contributed by atoms with Crippen molar-refractivity contribution in [3.63, 3.8) is 0 Å². The molecule has 0 bridgehead atoms. The Hall–Kier alpha value is -1.69. The van der Waals surface area contributed by atoms with Crippen LogP contribution in [0.1, 0.15) is 32.6 Å². The third kappa shape index (κ3) is 3.04. The number of hydrogen-bond acceptors (Lipinski definition) is 3. The third-order valence-corrected chi connectivity index (χ3v) is 5.28. The minimum absolute atomic E-state index is 0.182. The maximum absolute atomic E-state index is 12.5. The first-order valence-corrected chi connectivity index (χ1v) is 8.71. The van der Waals surface area contributed by atoms with E-state index in [-0.39, 0.29) is 29.6 Å². The molecule has 5 nitrogen and oxygen atoms in total. The van der Waals surface area contributed by atoms with Gasteiger partial charge in [0.25, 0.3) is 0 Å². The topological polar surface area (TPSA) is 66.5 Å². The van der Waals surface area contributed by atoms with Crippen LogP contribution in [-0.4, -0.2) is 28.7 Å². The molecule has 0 radical (unpaired) electrons. The lowest BCUT2D eigenvalue weighted by Gasteiger charge is -2.22. The van der Waals surface area contributed by atoms with Gasteiger partial charge >= 0.3 is 0 Å². The predicted molar refractivity (Wildman–Crippen MR) is 89.5 cm³/mol. The Bertz CT molecular complexity index is 620. The lowest BCUT2D eigenvalue weighted by atomic mass is 9.81. The maximum atomic E-state index is 12.5. The number of likely N-dealkylation sites (tertiary alicyclic amines) is 1. The molecule has 1 aromatic rings. The SMILES string of the molecule is CC(C(=O)Nc1ccc(Br)cc1)N1C(=O)C2CCCCC2C1=O. The molecular weight excluding hydrogens is 360 g/mol. The summed E-state index contributed by atoms with van der Waals surface area (Å²) in [6, 6.07) is 6.39. The predicted octanol–water partition coefficient (Wildman–Crippen LogP) is 2.95. The molecule has 1 heterocycles. The molecule has 1 saturated heterocycles. The number of anilines is 1. The Morgan fingerprint density at radius 1 is 1.13 bits per heavy atom. The second-order valence-electron chi connectivity index (χ2n) is 6.22. The number of carbonyl (C=O) groups excluding carboxylic acids is 3. The number of benzene rings is 1. The quantitative estimate of drug-likeness (QED) is 0.822. The van der Waals surface area contributed by atoms with Crippen LogP contribution < -0.4 is 5.32 Å². The van der Waals surface area contributed by atoms with Crippen LogP contribution in [0.3, 0.4) is 0 Å². The van der Waals surface area contributed by atoms with Gasteiger partial charge < -0.3 is 5.32 Å². The van der Waals surface area contributed by atoms with Crippen molar-refractivity contribution in [2.24, 2.45) is 11.8 Å². The monoisotopic (exact) mass is 378 g/mol. The summed E-state index contributed by atoms with van der Waals surface area (Å²) in [5.74, 6) is -1.15. The number of fused-ring (bicyclic) bond motifs is 1. The number of halogens is 1. The van der Waals surface area contributed by atoms with Crippen molar-refractivity contribution in [3.8, 4) is 0 Å².